The summed E-state index contributed by atoms with van der Waals surface area (Å²) >= 11 is 0. The summed E-state index contributed by atoms with van der Waals surface area (Å²) in [5.74, 6) is -1.60. The van der Waals surface area contributed by atoms with E-state index in [9.17, 15) is 29.6 Å². The Hall–Kier alpha value is -3.79. The molecular formula is C22H23N3O7. The van der Waals surface area contributed by atoms with Crippen molar-refractivity contribution in [1.82, 2.24) is 5.06 Å². The summed E-state index contributed by atoms with van der Waals surface area (Å²) in [6.45, 7) is 0.0289. The molecule has 0 atom stereocenters. The number of aryl methyl sites for hydroxylation is 1. The fourth-order valence-corrected chi connectivity index (χ4v) is 3.29. The zero-order valence-corrected chi connectivity index (χ0v) is 17.3. The molecule has 32 heavy (non-hydrogen) atoms. The van der Waals surface area contributed by atoms with E-state index in [1.807, 2.05) is 24.3 Å². The Morgan fingerprint density at radius 3 is 2.38 bits per heavy atom. The Kier molecular flexibility index (Phi) is 7.50. The molecule has 1 fully saturated rings. The highest BCUT2D eigenvalue weighted by Gasteiger charge is 2.32. The second kappa shape index (κ2) is 10.5. The molecular weight excluding hydrogens is 418 g/mol. The zero-order valence-electron chi connectivity index (χ0n) is 17.3. The molecule has 10 nitrogen and oxygen atoms in total. The molecule has 0 bridgehead atoms. The van der Waals surface area contributed by atoms with E-state index in [2.05, 4.69) is 5.32 Å². The number of anilines is 1. The minimum absolute atomic E-state index is 0.0687. The van der Waals surface area contributed by atoms with Crippen molar-refractivity contribution in [1.29, 1.82) is 0 Å². The lowest BCUT2D eigenvalue weighted by Gasteiger charge is -2.12. The molecule has 1 aliphatic heterocycles. The fraction of sp³-hybridized carbons (Fsp3) is 0.318. The van der Waals surface area contributed by atoms with E-state index >= 15 is 0 Å². The second-order valence-corrected chi connectivity index (χ2v) is 7.33. The van der Waals surface area contributed by atoms with E-state index in [0.29, 0.717) is 24.4 Å². The lowest BCUT2D eigenvalue weighted by molar-refractivity contribution is -0.385. The van der Waals surface area contributed by atoms with Crippen LogP contribution >= 0.6 is 0 Å². The van der Waals surface area contributed by atoms with Crippen LogP contribution in [-0.4, -0.2) is 32.9 Å². The number of imide groups is 1. The molecule has 2 aromatic carbocycles. The van der Waals surface area contributed by atoms with Gasteiger partial charge in [-0.05, 0) is 42.2 Å². The van der Waals surface area contributed by atoms with Gasteiger partial charge in [-0.2, -0.15) is 0 Å². The first-order valence-corrected chi connectivity index (χ1v) is 10.1. The summed E-state index contributed by atoms with van der Waals surface area (Å²) < 4.78 is 0. The number of hydroxylamine groups is 2. The lowest BCUT2D eigenvalue weighted by atomic mass is 10.1. The van der Waals surface area contributed by atoms with Gasteiger partial charge in [0.2, 0.25) is 0 Å². The highest BCUT2D eigenvalue weighted by atomic mass is 16.7. The molecule has 168 valence electrons. The number of aliphatic hydroxyl groups is 1. The monoisotopic (exact) mass is 441 g/mol. The average Bonchev–Trinajstić information content (AvgIpc) is 3.10. The van der Waals surface area contributed by atoms with Gasteiger partial charge in [0.15, 0.2) is 0 Å². The fourth-order valence-electron chi connectivity index (χ4n) is 3.29. The molecule has 2 N–H and O–H groups in total. The quantitative estimate of drug-likeness (QED) is 0.326. The number of carbonyl (C=O) groups excluding carboxylic acids is 3. The minimum atomic E-state index is -0.614. The maximum Gasteiger partial charge on any atom is 0.333 e. The third-order valence-electron chi connectivity index (χ3n) is 5.01. The Bertz CT molecular complexity index is 1000. The van der Waals surface area contributed by atoms with Crippen LogP contribution < -0.4 is 5.32 Å². The van der Waals surface area contributed by atoms with E-state index < -0.39 is 29.3 Å². The van der Waals surface area contributed by atoms with Gasteiger partial charge in [0, 0.05) is 37.6 Å². The van der Waals surface area contributed by atoms with Gasteiger partial charge in [-0.15, -0.1) is 5.06 Å². The number of nitro groups is 1. The van der Waals surface area contributed by atoms with Gasteiger partial charge in [-0.25, -0.2) is 4.79 Å². The molecule has 1 heterocycles. The van der Waals surface area contributed by atoms with Crippen LogP contribution in [0.25, 0.3) is 0 Å². The number of carbonyl (C=O) groups is 3. The first kappa shape index (κ1) is 22.9. The number of hydrogen-bond donors (Lipinski definition) is 2. The Morgan fingerprint density at radius 1 is 1.09 bits per heavy atom. The number of hydrogen-bond acceptors (Lipinski definition) is 8. The van der Waals surface area contributed by atoms with Crippen molar-refractivity contribution >= 4 is 29.2 Å². The van der Waals surface area contributed by atoms with Crippen molar-refractivity contribution in [3.05, 3.63) is 69.3 Å². The van der Waals surface area contributed by atoms with Gasteiger partial charge in [-0.1, -0.05) is 18.2 Å². The van der Waals surface area contributed by atoms with Crippen molar-refractivity contribution in [2.45, 2.75) is 45.3 Å². The van der Waals surface area contributed by atoms with E-state index in [4.69, 9.17) is 4.84 Å². The van der Waals surface area contributed by atoms with Crippen molar-refractivity contribution in [3.8, 4) is 0 Å². The Labute approximate surface area is 183 Å². The van der Waals surface area contributed by atoms with E-state index in [1.165, 1.54) is 6.07 Å². The van der Waals surface area contributed by atoms with Crippen LogP contribution in [0.2, 0.25) is 0 Å². The van der Waals surface area contributed by atoms with Crippen LogP contribution in [0.15, 0.2) is 42.5 Å². The number of nitro benzene ring substituents is 1. The molecule has 10 heteroatoms. The third-order valence-corrected chi connectivity index (χ3v) is 5.01. The van der Waals surface area contributed by atoms with Crippen LogP contribution in [0.5, 0.6) is 0 Å². The largest absolute Gasteiger partial charge is 0.391 e. The van der Waals surface area contributed by atoms with Gasteiger partial charge < -0.3 is 15.3 Å². The van der Waals surface area contributed by atoms with Gasteiger partial charge in [-0.3, -0.25) is 19.7 Å². The topological polar surface area (TPSA) is 139 Å². The molecule has 0 aromatic heterocycles. The summed E-state index contributed by atoms with van der Waals surface area (Å²) in [6, 6.07) is 12.2. The van der Waals surface area contributed by atoms with Crippen LogP contribution in [0, 0.1) is 10.1 Å². The van der Waals surface area contributed by atoms with Gasteiger partial charge in [0.1, 0.15) is 0 Å². The number of aliphatic hydroxyl groups excluding tert-OH is 1. The molecule has 1 saturated heterocycles. The van der Waals surface area contributed by atoms with Crippen molar-refractivity contribution < 1.29 is 29.3 Å². The Morgan fingerprint density at radius 2 is 1.75 bits per heavy atom. The average molecular weight is 441 g/mol. The number of amides is 2. The van der Waals surface area contributed by atoms with Crippen LogP contribution in [-0.2, 0) is 38.8 Å². The van der Waals surface area contributed by atoms with Gasteiger partial charge in [0.25, 0.3) is 17.5 Å². The van der Waals surface area contributed by atoms with Gasteiger partial charge >= 0.3 is 5.97 Å². The van der Waals surface area contributed by atoms with Crippen molar-refractivity contribution in [2.75, 3.05) is 5.32 Å². The highest BCUT2D eigenvalue weighted by molar-refractivity contribution is 6.01. The van der Waals surface area contributed by atoms with E-state index in [0.717, 1.165) is 16.8 Å². The summed E-state index contributed by atoms with van der Waals surface area (Å²) in [5, 5.41) is 24.0. The predicted octanol–water partition coefficient (Wildman–Crippen LogP) is 2.63. The SMILES string of the molecule is O=C(CCCc1ccc(NCc2ccc([N+](=O)[O-])c(CO)c2)cc1)ON1C(=O)CCC1=O. The van der Waals surface area contributed by atoms with Crippen LogP contribution in [0.3, 0.4) is 0 Å². The second-order valence-electron chi connectivity index (χ2n) is 7.33. The number of nitrogens with zero attached hydrogens (tertiary/aromatic N) is 2. The summed E-state index contributed by atoms with van der Waals surface area (Å²) in [6.07, 6.45) is 1.36. The van der Waals surface area contributed by atoms with Crippen LogP contribution in [0.1, 0.15) is 42.4 Å². The molecule has 0 spiro atoms. The van der Waals surface area contributed by atoms with Crippen molar-refractivity contribution in [2.24, 2.45) is 0 Å². The molecule has 0 saturated carbocycles. The maximum absolute atomic E-state index is 11.8. The molecule has 2 amide bonds. The normalized spacial score (nSPS) is 13.3. The predicted molar refractivity (Wildman–Crippen MR) is 113 cm³/mol. The molecule has 2 aromatic rings. The van der Waals surface area contributed by atoms with Crippen LogP contribution in [0.4, 0.5) is 11.4 Å². The third kappa shape index (κ3) is 5.88. The Balaban J connectivity index is 1.44. The number of benzene rings is 2. The standard InChI is InChI=1S/C22H23N3O7/c26-14-17-12-16(6-9-19(17)25(30)31)13-23-18-7-4-15(5-8-18)2-1-3-22(29)32-24-20(27)10-11-21(24)28/h4-9,12,23,26H,1-3,10-11,13-14H2. The summed E-state index contributed by atoms with van der Waals surface area (Å²) in [5.41, 5.74) is 2.82. The van der Waals surface area contributed by atoms with Crippen molar-refractivity contribution in [3.63, 3.8) is 0 Å². The minimum Gasteiger partial charge on any atom is -0.391 e. The molecule has 0 aliphatic carbocycles. The molecule has 0 radical (unpaired) electrons. The molecule has 0 unspecified atom stereocenters. The lowest BCUT2D eigenvalue weighted by Crippen LogP contribution is -2.31. The van der Waals surface area contributed by atoms with E-state index in [-0.39, 0.29) is 30.5 Å². The summed E-state index contributed by atoms with van der Waals surface area (Å²) in [7, 11) is 0. The molecule has 1 aliphatic rings. The molecule has 3 rings (SSSR count). The first-order chi connectivity index (χ1) is 15.4. The summed E-state index contributed by atoms with van der Waals surface area (Å²) in [4.78, 5) is 50.0. The number of nitrogens with one attached hydrogen (secondary N) is 1. The first-order valence-electron chi connectivity index (χ1n) is 10.1. The zero-order chi connectivity index (χ0) is 23.1. The maximum atomic E-state index is 11.8. The number of rotatable bonds is 10. The smallest absolute Gasteiger partial charge is 0.333 e. The van der Waals surface area contributed by atoms with E-state index in [1.54, 1.807) is 12.1 Å². The van der Waals surface area contributed by atoms with Gasteiger partial charge in [0.05, 0.1) is 17.1 Å². The highest BCUT2D eigenvalue weighted by Crippen LogP contribution is 2.21.